The second kappa shape index (κ2) is 8.96. The third kappa shape index (κ3) is 3.79. The van der Waals surface area contributed by atoms with Crippen molar-refractivity contribution in [1.82, 2.24) is 4.40 Å². The summed E-state index contributed by atoms with van der Waals surface area (Å²) in [4.78, 5) is 0. The van der Waals surface area contributed by atoms with E-state index in [0.717, 1.165) is 22.5 Å². The molecular formula is C33H28ClN2+. The van der Waals surface area contributed by atoms with E-state index in [-0.39, 0.29) is 0 Å². The lowest BCUT2D eigenvalue weighted by Gasteiger charge is -2.15. The SMILES string of the molecule is Cc1cc(C)c(C[n+]2ccn3c4ccc(Cl)cc4c(-c4ccccc4)c(-c4ccccc4)c32)c(C)c1. The lowest BCUT2D eigenvalue weighted by Crippen LogP contribution is -2.34. The van der Waals surface area contributed by atoms with Gasteiger partial charge in [-0.3, -0.25) is 0 Å². The van der Waals surface area contributed by atoms with Gasteiger partial charge in [0.25, 0.3) is 5.65 Å². The summed E-state index contributed by atoms with van der Waals surface area (Å²) in [6.45, 7) is 7.42. The molecule has 0 aliphatic heterocycles. The van der Waals surface area contributed by atoms with Crippen molar-refractivity contribution in [3.8, 4) is 22.3 Å². The van der Waals surface area contributed by atoms with Crippen molar-refractivity contribution in [1.29, 1.82) is 0 Å². The van der Waals surface area contributed by atoms with Crippen molar-refractivity contribution in [2.75, 3.05) is 0 Å². The number of benzene rings is 4. The Morgan fingerprint density at radius 3 is 1.97 bits per heavy atom. The number of halogens is 1. The van der Waals surface area contributed by atoms with E-state index in [1.165, 1.54) is 50.2 Å². The van der Waals surface area contributed by atoms with Gasteiger partial charge >= 0.3 is 0 Å². The number of nitrogens with zero attached hydrogens (tertiary/aromatic N) is 2. The molecule has 0 fully saturated rings. The van der Waals surface area contributed by atoms with Crippen LogP contribution in [0.25, 0.3) is 38.8 Å². The van der Waals surface area contributed by atoms with Gasteiger partial charge in [-0.15, -0.1) is 0 Å². The van der Waals surface area contributed by atoms with Gasteiger partial charge in [0.05, 0.1) is 5.56 Å². The van der Waals surface area contributed by atoms with Crippen LogP contribution in [0.5, 0.6) is 0 Å². The van der Waals surface area contributed by atoms with E-state index in [2.05, 4.69) is 127 Å². The average Bonchev–Trinajstić information content (AvgIpc) is 3.29. The molecule has 2 aromatic heterocycles. The van der Waals surface area contributed by atoms with Gasteiger partial charge in [0.2, 0.25) is 0 Å². The molecule has 0 aliphatic rings. The van der Waals surface area contributed by atoms with Crippen LogP contribution in [0.2, 0.25) is 5.02 Å². The van der Waals surface area contributed by atoms with Crippen molar-refractivity contribution in [2.45, 2.75) is 27.3 Å². The van der Waals surface area contributed by atoms with Crippen LogP contribution in [0.15, 0.2) is 103 Å². The van der Waals surface area contributed by atoms with E-state index >= 15 is 0 Å². The lowest BCUT2D eigenvalue weighted by atomic mass is 9.91. The van der Waals surface area contributed by atoms with Gasteiger partial charge < -0.3 is 0 Å². The standard InChI is InChI=1S/C33H28ClN2/c1-22-18-23(2)29(24(3)19-22)21-35-16-17-36-30-15-14-27(34)20-28(30)31(25-10-6-4-7-11-25)32(33(35)36)26-12-8-5-9-13-26/h4-20H,21H2,1-3H3/q+1. The molecule has 176 valence electrons. The lowest BCUT2D eigenvalue weighted by molar-refractivity contribution is -0.661. The van der Waals surface area contributed by atoms with Crippen LogP contribution in [-0.4, -0.2) is 4.40 Å². The topological polar surface area (TPSA) is 8.29 Å². The molecule has 2 heterocycles. The first-order chi connectivity index (χ1) is 17.5. The number of imidazole rings is 1. The number of hydrogen-bond acceptors (Lipinski definition) is 0. The maximum absolute atomic E-state index is 6.57. The molecule has 0 radical (unpaired) electrons. The van der Waals surface area contributed by atoms with E-state index in [9.17, 15) is 0 Å². The highest BCUT2D eigenvalue weighted by atomic mass is 35.5. The normalized spacial score (nSPS) is 11.4. The molecule has 0 unspecified atom stereocenters. The highest BCUT2D eigenvalue weighted by molar-refractivity contribution is 6.31. The summed E-state index contributed by atoms with van der Waals surface area (Å²) in [5.74, 6) is 0. The van der Waals surface area contributed by atoms with Gasteiger partial charge in [-0.1, -0.05) is 90.0 Å². The van der Waals surface area contributed by atoms with Crippen LogP contribution < -0.4 is 4.57 Å². The second-order valence-electron chi connectivity index (χ2n) is 9.64. The van der Waals surface area contributed by atoms with Crippen molar-refractivity contribution in [2.24, 2.45) is 0 Å². The van der Waals surface area contributed by atoms with Gasteiger partial charge in [-0.2, -0.15) is 4.40 Å². The first-order valence-electron chi connectivity index (χ1n) is 12.3. The summed E-state index contributed by atoms with van der Waals surface area (Å²) < 4.78 is 4.72. The largest absolute Gasteiger partial charge is 0.295 e. The number of aryl methyl sites for hydroxylation is 3. The Hall–Kier alpha value is -3.88. The van der Waals surface area contributed by atoms with Gasteiger partial charge in [-0.05, 0) is 66.8 Å². The molecule has 0 saturated heterocycles. The Kier molecular flexibility index (Phi) is 5.62. The maximum atomic E-state index is 6.57. The Morgan fingerprint density at radius 1 is 0.722 bits per heavy atom. The van der Waals surface area contributed by atoms with Crippen molar-refractivity contribution >= 4 is 28.2 Å². The smallest absolute Gasteiger partial charge is 0.225 e. The molecule has 6 rings (SSSR count). The van der Waals surface area contributed by atoms with Crippen molar-refractivity contribution in [3.63, 3.8) is 0 Å². The van der Waals surface area contributed by atoms with E-state index < -0.39 is 0 Å². The minimum Gasteiger partial charge on any atom is -0.225 e. The molecular weight excluding hydrogens is 460 g/mol. The van der Waals surface area contributed by atoms with Crippen LogP contribution in [0.1, 0.15) is 22.3 Å². The van der Waals surface area contributed by atoms with E-state index in [1.807, 2.05) is 6.07 Å². The van der Waals surface area contributed by atoms with Gasteiger partial charge in [0, 0.05) is 16.0 Å². The highest BCUT2D eigenvalue weighted by Gasteiger charge is 2.26. The van der Waals surface area contributed by atoms with Crippen LogP contribution in [-0.2, 0) is 6.54 Å². The van der Waals surface area contributed by atoms with Gasteiger partial charge in [-0.25, -0.2) is 4.57 Å². The molecule has 36 heavy (non-hydrogen) atoms. The maximum Gasteiger partial charge on any atom is 0.295 e. The van der Waals surface area contributed by atoms with Crippen molar-refractivity contribution in [3.05, 3.63) is 131 Å². The highest BCUT2D eigenvalue weighted by Crippen LogP contribution is 2.41. The molecule has 0 bridgehead atoms. The fourth-order valence-corrected chi connectivity index (χ4v) is 5.76. The first kappa shape index (κ1) is 22.6. The van der Waals surface area contributed by atoms with Crippen LogP contribution >= 0.6 is 11.6 Å². The number of rotatable bonds is 4. The molecule has 0 aliphatic carbocycles. The molecule has 0 N–H and O–H groups in total. The molecule has 0 amide bonds. The summed E-state index contributed by atoms with van der Waals surface area (Å²) in [6, 6.07) is 32.2. The fourth-order valence-electron chi connectivity index (χ4n) is 5.59. The summed E-state index contributed by atoms with van der Waals surface area (Å²) in [5.41, 5.74) is 12.4. The molecule has 0 atom stereocenters. The predicted octanol–water partition coefficient (Wildman–Crippen LogP) is 8.34. The summed E-state index contributed by atoms with van der Waals surface area (Å²) >= 11 is 6.57. The zero-order valence-corrected chi connectivity index (χ0v) is 21.6. The van der Waals surface area contributed by atoms with Crippen LogP contribution in [0.4, 0.5) is 0 Å². The number of pyridine rings is 1. The zero-order chi connectivity index (χ0) is 24.8. The summed E-state index contributed by atoms with van der Waals surface area (Å²) in [5, 5.41) is 1.88. The zero-order valence-electron chi connectivity index (χ0n) is 20.8. The first-order valence-corrected chi connectivity index (χ1v) is 12.7. The predicted molar refractivity (Wildman–Crippen MR) is 151 cm³/mol. The van der Waals surface area contributed by atoms with Gasteiger partial charge in [0.1, 0.15) is 24.5 Å². The van der Waals surface area contributed by atoms with E-state index in [4.69, 9.17) is 11.6 Å². The molecule has 6 aromatic rings. The fraction of sp³-hybridized carbons (Fsp3) is 0.121. The Balaban J connectivity index is 1.76. The minimum absolute atomic E-state index is 0.740. The van der Waals surface area contributed by atoms with Crippen LogP contribution in [0.3, 0.4) is 0 Å². The average molecular weight is 488 g/mol. The quantitative estimate of drug-likeness (QED) is 0.221. The molecule has 3 heteroatoms. The van der Waals surface area contributed by atoms with Crippen molar-refractivity contribution < 1.29 is 4.57 Å². The Labute approximate surface area is 217 Å². The van der Waals surface area contributed by atoms with Gasteiger partial charge in [0.15, 0.2) is 0 Å². The number of aromatic nitrogens is 2. The minimum atomic E-state index is 0.740. The summed E-state index contributed by atoms with van der Waals surface area (Å²) in [7, 11) is 0. The molecule has 4 aromatic carbocycles. The third-order valence-electron chi connectivity index (χ3n) is 7.15. The third-order valence-corrected chi connectivity index (χ3v) is 7.39. The van der Waals surface area contributed by atoms with E-state index in [0.29, 0.717) is 0 Å². The van der Waals surface area contributed by atoms with Crippen LogP contribution in [0, 0.1) is 20.8 Å². The number of fused-ring (bicyclic) bond motifs is 3. The Bertz CT molecular complexity index is 1710. The second-order valence-corrected chi connectivity index (χ2v) is 10.1. The Morgan fingerprint density at radius 2 is 1.33 bits per heavy atom. The molecule has 0 spiro atoms. The van der Waals surface area contributed by atoms with E-state index in [1.54, 1.807) is 0 Å². The summed E-state index contributed by atoms with van der Waals surface area (Å²) in [6.07, 6.45) is 4.40. The molecule has 0 saturated carbocycles. The molecule has 2 nitrogen and oxygen atoms in total. The monoisotopic (exact) mass is 487 g/mol. The number of hydrogen-bond donors (Lipinski definition) is 0.